The number of hydrogen-bond donors (Lipinski definition) is 1. The lowest BCUT2D eigenvalue weighted by Gasteiger charge is -2.31. The Morgan fingerprint density at radius 1 is 0.939 bits per heavy atom. The molecule has 4 nitrogen and oxygen atoms in total. The van der Waals surface area contributed by atoms with Gasteiger partial charge in [-0.15, -0.1) is 11.8 Å². The average molecular weight is 501 g/mol. The van der Waals surface area contributed by atoms with E-state index < -0.39 is 6.04 Å². The van der Waals surface area contributed by atoms with Crippen LogP contribution in [0.25, 0.3) is 0 Å². The van der Waals surface area contributed by atoms with Gasteiger partial charge in [-0.25, -0.2) is 0 Å². The summed E-state index contributed by atoms with van der Waals surface area (Å²) in [5.74, 6) is -0.129. The summed E-state index contributed by atoms with van der Waals surface area (Å²) >= 11 is 13.7. The minimum atomic E-state index is -0.669. The molecule has 0 aromatic heterocycles. The summed E-state index contributed by atoms with van der Waals surface area (Å²) < 4.78 is 0. The van der Waals surface area contributed by atoms with Crippen molar-refractivity contribution >= 4 is 46.8 Å². The zero-order valence-corrected chi connectivity index (χ0v) is 20.9. The first kappa shape index (κ1) is 25.2. The summed E-state index contributed by atoms with van der Waals surface area (Å²) in [4.78, 5) is 29.0. The summed E-state index contributed by atoms with van der Waals surface area (Å²) in [6, 6.07) is 22.3. The molecule has 0 spiro atoms. The number of thioether (sulfide) groups is 1. The molecule has 0 saturated carbocycles. The topological polar surface area (TPSA) is 49.4 Å². The van der Waals surface area contributed by atoms with E-state index in [0.29, 0.717) is 16.5 Å². The number of amides is 2. The van der Waals surface area contributed by atoms with Crippen molar-refractivity contribution in [2.24, 2.45) is 0 Å². The number of nitrogens with zero attached hydrogens (tertiary/aromatic N) is 1. The summed E-state index contributed by atoms with van der Waals surface area (Å²) in [5.41, 5.74) is 2.94. The number of halogens is 2. The van der Waals surface area contributed by atoms with Crippen LogP contribution < -0.4 is 5.32 Å². The number of carbonyl (C=O) groups excluding carboxylic acids is 2. The minimum absolute atomic E-state index is 0.129. The summed E-state index contributed by atoms with van der Waals surface area (Å²) in [5, 5.41) is 3.58. The highest BCUT2D eigenvalue weighted by molar-refractivity contribution is 8.00. The second-order valence-corrected chi connectivity index (χ2v) is 9.55. The molecule has 0 aliphatic rings. The Hall–Kier alpha value is -2.47. The molecule has 7 heteroatoms. The van der Waals surface area contributed by atoms with Gasteiger partial charge >= 0.3 is 0 Å². The van der Waals surface area contributed by atoms with Crippen LogP contribution in [-0.4, -0.2) is 35.6 Å². The van der Waals surface area contributed by atoms with Crippen molar-refractivity contribution in [3.05, 3.63) is 99.5 Å². The maximum absolute atomic E-state index is 13.5. The first-order chi connectivity index (χ1) is 15.9. The fourth-order valence-electron chi connectivity index (χ4n) is 3.42. The molecular formula is C26H26Cl2N2O2S. The first-order valence-electron chi connectivity index (χ1n) is 10.6. The van der Waals surface area contributed by atoms with Gasteiger partial charge in [0, 0.05) is 24.9 Å². The Bertz CT molecular complexity index is 1090. The SMILES string of the molecule is CNC(=O)[C@H](Cc1ccccc1)N(Cc1ccc(Cl)c(Cl)c1)C(=O)CSc1ccc(C)cc1. The maximum Gasteiger partial charge on any atom is 0.242 e. The number of rotatable bonds is 9. The lowest BCUT2D eigenvalue weighted by molar-refractivity contribution is -0.139. The Morgan fingerprint density at radius 3 is 2.27 bits per heavy atom. The highest BCUT2D eigenvalue weighted by Gasteiger charge is 2.29. The van der Waals surface area contributed by atoms with Crippen LogP contribution in [0.2, 0.25) is 10.0 Å². The smallest absolute Gasteiger partial charge is 0.242 e. The van der Waals surface area contributed by atoms with Gasteiger partial charge in [0.1, 0.15) is 6.04 Å². The molecule has 0 bridgehead atoms. The Kier molecular flexibility index (Phi) is 9.24. The Morgan fingerprint density at radius 2 is 1.64 bits per heavy atom. The van der Waals surface area contributed by atoms with Crippen molar-refractivity contribution < 1.29 is 9.59 Å². The lowest BCUT2D eigenvalue weighted by Crippen LogP contribution is -2.50. The number of aryl methyl sites for hydroxylation is 1. The van der Waals surface area contributed by atoms with Crippen LogP contribution in [0.4, 0.5) is 0 Å². The number of hydrogen-bond acceptors (Lipinski definition) is 3. The minimum Gasteiger partial charge on any atom is -0.357 e. The van der Waals surface area contributed by atoms with Gasteiger partial charge in [-0.2, -0.15) is 0 Å². The fourth-order valence-corrected chi connectivity index (χ4v) is 4.52. The van der Waals surface area contributed by atoms with E-state index in [9.17, 15) is 9.59 Å². The van der Waals surface area contributed by atoms with Gasteiger partial charge in [-0.3, -0.25) is 9.59 Å². The number of benzene rings is 3. The fraction of sp³-hybridized carbons (Fsp3) is 0.231. The van der Waals surface area contributed by atoms with Crippen molar-refractivity contribution in [1.29, 1.82) is 0 Å². The van der Waals surface area contributed by atoms with E-state index >= 15 is 0 Å². The van der Waals surface area contributed by atoms with Crippen molar-refractivity contribution in [1.82, 2.24) is 10.2 Å². The molecule has 172 valence electrons. The van der Waals surface area contributed by atoms with E-state index in [4.69, 9.17) is 23.2 Å². The molecule has 1 atom stereocenters. The standard InChI is InChI=1S/C26H26Cl2N2O2S/c1-18-8-11-21(12-9-18)33-17-25(31)30(16-20-10-13-22(27)23(28)14-20)24(26(32)29-2)15-19-6-4-3-5-7-19/h3-14,24H,15-17H2,1-2H3,(H,29,32)/t24-/m0/s1. The third kappa shape index (κ3) is 7.26. The third-order valence-corrected chi connectivity index (χ3v) is 6.97. The molecule has 0 saturated heterocycles. The Balaban J connectivity index is 1.88. The highest BCUT2D eigenvalue weighted by atomic mass is 35.5. The van der Waals surface area contributed by atoms with Crippen LogP contribution in [0.5, 0.6) is 0 Å². The molecule has 33 heavy (non-hydrogen) atoms. The largest absolute Gasteiger partial charge is 0.357 e. The van der Waals surface area contributed by atoms with Crippen molar-refractivity contribution in [2.45, 2.75) is 30.8 Å². The van der Waals surface area contributed by atoms with E-state index in [1.165, 1.54) is 11.8 Å². The quantitative estimate of drug-likeness (QED) is 0.378. The van der Waals surface area contributed by atoms with Crippen molar-refractivity contribution in [3.8, 4) is 0 Å². The summed E-state index contributed by atoms with van der Waals surface area (Å²) in [7, 11) is 1.59. The Labute approximate surface area is 209 Å². The number of carbonyl (C=O) groups is 2. The van der Waals surface area contributed by atoms with Crippen molar-refractivity contribution in [2.75, 3.05) is 12.8 Å². The molecule has 0 aliphatic carbocycles. The van der Waals surface area contributed by atoms with Gasteiger partial charge in [0.15, 0.2) is 0 Å². The number of nitrogens with one attached hydrogen (secondary N) is 1. The van der Waals surface area contributed by atoms with Gasteiger partial charge in [0.25, 0.3) is 0 Å². The van der Waals surface area contributed by atoms with Gasteiger partial charge in [-0.05, 0) is 42.3 Å². The molecule has 3 aromatic rings. The summed E-state index contributed by atoms with van der Waals surface area (Å²) in [6.45, 7) is 2.27. The average Bonchev–Trinajstić information content (AvgIpc) is 2.83. The van der Waals surface area contributed by atoms with E-state index in [-0.39, 0.29) is 24.1 Å². The first-order valence-corrected chi connectivity index (χ1v) is 12.3. The van der Waals surface area contributed by atoms with Crippen LogP contribution in [0, 0.1) is 6.92 Å². The molecule has 0 fully saturated rings. The van der Waals surface area contributed by atoms with Crippen LogP contribution in [0.1, 0.15) is 16.7 Å². The second kappa shape index (κ2) is 12.1. The second-order valence-electron chi connectivity index (χ2n) is 7.69. The molecular weight excluding hydrogens is 475 g/mol. The zero-order valence-electron chi connectivity index (χ0n) is 18.6. The zero-order chi connectivity index (χ0) is 23.8. The molecule has 3 aromatic carbocycles. The molecule has 0 aliphatic heterocycles. The van der Waals surface area contributed by atoms with Crippen LogP contribution in [0.15, 0.2) is 77.7 Å². The number of likely N-dealkylation sites (N-methyl/N-ethyl adjacent to an activating group) is 1. The normalized spacial score (nSPS) is 11.6. The van der Waals surface area contributed by atoms with Crippen LogP contribution >= 0.6 is 35.0 Å². The van der Waals surface area contributed by atoms with Gasteiger partial charge in [-0.1, -0.05) is 77.3 Å². The van der Waals surface area contributed by atoms with E-state index in [1.54, 1.807) is 24.1 Å². The molecule has 0 radical (unpaired) electrons. The van der Waals surface area contributed by atoms with Gasteiger partial charge < -0.3 is 10.2 Å². The van der Waals surface area contributed by atoms with Gasteiger partial charge in [0.05, 0.1) is 15.8 Å². The molecule has 0 heterocycles. The predicted molar refractivity (Wildman–Crippen MR) is 137 cm³/mol. The van der Waals surface area contributed by atoms with E-state index in [2.05, 4.69) is 5.32 Å². The molecule has 0 unspecified atom stereocenters. The highest BCUT2D eigenvalue weighted by Crippen LogP contribution is 2.25. The van der Waals surface area contributed by atoms with E-state index in [0.717, 1.165) is 21.6 Å². The van der Waals surface area contributed by atoms with E-state index in [1.807, 2.05) is 67.6 Å². The monoisotopic (exact) mass is 500 g/mol. The third-order valence-electron chi connectivity index (χ3n) is 5.24. The van der Waals surface area contributed by atoms with Crippen LogP contribution in [0.3, 0.4) is 0 Å². The molecule has 2 amide bonds. The van der Waals surface area contributed by atoms with Crippen molar-refractivity contribution in [3.63, 3.8) is 0 Å². The predicted octanol–water partition coefficient (Wildman–Crippen LogP) is 5.78. The van der Waals surface area contributed by atoms with Crippen LogP contribution in [-0.2, 0) is 22.6 Å². The molecule has 3 rings (SSSR count). The van der Waals surface area contributed by atoms with Gasteiger partial charge in [0.2, 0.25) is 11.8 Å². The summed E-state index contributed by atoms with van der Waals surface area (Å²) in [6.07, 6.45) is 0.406. The lowest BCUT2D eigenvalue weighted by atomic mass is 10.0. The molecule has 1 N–H and O–H groups in total. The maximum atomic E-state index is 13.5.